The molecule has 170 valence electrons. The molecule has 0 heterocycles. The molecule has 5 fully saturated rings. The fourth-order valence-electron chi connectivity index (χ4n) is 11.0. The van der Waals surface area contributed by atoms with Crippen LogP contribution in [0, 0.1) is 63.6 Å². The van der Waals surface area contributed by atoms with Crippen LogP contribution in [0.2, 0.25) is 0 Å². The van der Waals surface area contributed by atoms with Crippen molar-refractivity contribution in [3.05, 3.63) is 0 Å². The maximum absolute atomic E-state index is 12.5. The van der Waals surface area contributed by atoms with Gasteiger partial charge in [0.2, 0.25) is 0 Å². The summed E-state index contributed by atoms with van der Waals surface area (Å²) in [5, 5.41) is 0. The number of fused-ring (bicyclic) bond motifs is 6. The molecule has 0 saturated heterocycles. The van der Waals surface area contributed by atoms with Crippen molar-refractivity contribution in [3.63, 3.8) is 0 Å². The van der Waals surface area contributed by atoms with E-state index >= 15 is 0 Å². The average molecular weight is 413 g/mol. The number of Topliss-reactive ketones (excluding diaryl/α,β-unsaturated/α-hetero) is 1. The van der Waals surface area contributed by atoms with Gasteiger partial charge in [-0.15, -0.1) is 0 Å². The van der Waals surface area contributed by atoms with Gasteiger partial charge in [-0.05, 0) is 109 Å². The molecular formula is C29H48O. The van der Waals surface area contributed by atoms with E-state index in [0.29, 0.717) is 33.9 Å². The molecule has 0 radical (unpaired) electrons. The molecule has 5 rings (SSSR count). The Labute approximate surface area is 186 Å². The molecular weight excluding hydrogens is 364 g/mol. The van der Waals surface area contributed by atoms with E-state index < -0.39 is 0 Å². The topological polar surface area (TPSA) is 17.1 Å². The van der Waals surface area contributed by atoms with Crippen LogP contribution in [0.15, 0.2) is 0 Å². The van der Waals surface area contributed by atoms with E-state index in [1.165, 1.54) is 64.2 Å². The van der Waals surface area contributed by atoms with Gasteiger partial charge in [0, 0.05) is 12.3 Å². The average Bonchev–Trinajstić information content (AvgIpc) is 3.12. The quantitative estimate of drug-likeness (QED) is 0.458. The van der Waals surface area contributed by atoms with Gasteiger partial charge < -0.3 is 0 Å². The van der Waals surface area contributed by atoms with Crippen LogP contribution in [-0.2, 0) is 4.79 Å². The minimum atomic E-state index is 0.321. The summed E-state index contributed by atoms with van der Waals surface area (Å²) in [5.41, 5.74) is 1.74. The molecule has 0 amide bonds. The zero-order chi connectivity index (χ0) is 21.5. The molecule has 0 bridgehead atoms. The van der Waals surface area contributed by atoms with Gasteiger partial charge in [0.15, 0.2) is 0 Å². The number of rotatable bonds is 4. The smallest absolute Gasteiger partial charge is 0.136 e. The van der Waals surface area contributed by atoms with Crippen LogP contribution >= 0.6 is 0 Å². The van der Waals surface area contributed by atoms with Crippen LogP contribution in [0.25, 0.3) is 0 Å². The van der Waals surface area contributed by atoms with Gasteiger partial charge in [0.05, 0.1) is 0 Å². The van der Waals surface area contributed by atoms with Crippen molar-refractivity contribution >= 4 is 5.78 Å². The van der Waals surface area contributed by atoms with Gasteiger partial charge in [-0.1, -0.05) is 54.4 Å². The van der Waals surface area contributed by atoms with E-state index in [1.807, 2.05) is 0 Å². The molecule has 0 N–H and O–H groups in total. The summed E-state index contributed by atoms with van der Waals surface area (Å²) in [4.78, 5) is 12.5. The summed E-state index contributed by atoms with van der Waals surface area (Å²) < 4.78 is 0. The molecule has 0 aromatic heterocycles. The number of hydrogen-bond donors (Lipinski definition) is 0. The van der Waals surface area contributed by atoms with E-state index in [0.717, 1.165) is 41.9 Å². The summed E-state index contributed by atoms with van der Waals surface area (Å²) in [5.74, 6) is 7.22. The van der Waals surface area contributed by atoms with Crippen LogP contribution < -0.4 is 0 Å². The summed E-state index contributed by atoms with van der Waals surface area (Å²) in [6.07, 6.45) is 15.1. The molecule has 1 spiro atoms. The minimum absolute atomic E-state index is 0.321. The van der Waals surface area contributed by atoms with Crippen molar-refractivity contribution in [2.24, 2.45) is 63.6 Å². The first kappa shape index (κ1) is 21.5. The number of ketones is 1. The second kappa shape index (κ2) is 7.08. The lowest BCUT2D eigenvalue weighted by Gasteiger charge is -2.61. The second-order valence-corrected chi connectivity index (χ2v) is 13.6. The lowest BCUT2D eigenvalue weighted by molar-refractivity contribution is -0.151. The van der Waals surface area contributed by atoms with Crippen molar-refractivity contribution in [2.75, 3.05) is 0 Å². The highest BCUT2D eigenvalue weighted by atomic mass is 16.1. The Hall–Kier alpha value is -0.330. The number of hydrogen-bond acceptors (Lipinski definition) is 1. The van der Waals surface area contributed by atoms with Crippen LogP contribution in [0.4, 0.5) is 0 Å². The Morgan fingerprint density at radius 3 is 2.40 bits per heavy atom. The fourth-order valence-corrected chi connectivity index (χ4v) is 11.0. The van der Waals surface area contributed by atoms with E-state index in [1.54, 1.807) is 0 Å². The van der Waals surface area contributed by atoms with Gasteiger partial charge in [0.1, 0.15) is 5.78 Å². The Bertz CT molecular complexity index is 694. The minimum Gasteiger partial charge on any atom is -0.299 e. The third-order valence-electron chi connectivity index (χ3n) is 12.6. The molecule has 2 unspecified atom stereocenters. The Morgan fingerprint density at radius 1 is 0.933 bits per heavy atom. The summed E-state index contributed by atoms with van der Waals surface area (Å²) >= 11 is 0. The fraction of sp³-hybridized carbons (Fsp3) is 0.966. The van der Waals surface area contributed by atoms with Crippen molar-refractivity contribution in [1.29, 1.82) is 0 Å². The lowest BCUT2D eigenvalue weighted by atomic mass is 9.43. The van der Waals surface area contributed by atoms with Crippen LogP contribution in [0.3, 0.4) is 0 Å². The number of carbonyl (C=O) groups is 1. The van der Waals surface area contributed by atoms with Crippen LogP contribution in [-0.4, -0.2) is 5.78 Å². The highest BCUT2D eigenvalue weighted by Crippen LogP contribution is 2.82. The molecule has 5 saturated carbocycles. The van der Waals surface area contributed by atoms with E-state index in [2.05, 4.69) is 41.5 Å². The molecule has 5 aliphatic rings. The Morgan fingerprint density at radius 2 is 1.67 bits per heavy atom. The van der Waals surface area contributed by atoms with Crippen molar-refractivity contribution in [2.45, 2.75) is 112 Å². The van der Waals surface area contributed by atoms with E-state index in [4.69, 9.17) is 0 Å². The standard InChI is InChI=1S/C29H48O/c1-18(2)8-7-9-23-20(4)29(23)17-13-25-21-10-11-22-19(3)26(30)14-15-27(22,5)24(21)12-16-28(25,29)6/h18-25H,7-17H2,1-6H3/t19-,20+,21+,22-,23?,24-,25-,27-,28-,29?/m0/s1. The lowest BCUT2D eigenvalue weighted by Crippen LogP contribution is -2.55. The Balaban J connectivity index is 1.36. The maximum atomic E-state index is 12.5. The van der Waals surface area contributed by atoms with Crippen molar-refractivity contribution in [1.82, 2.24) is 0 Å². The molecule has 5 aliphatic carbocycles. The molecule has 1 heteroatoms. The first-order valence-corrected chi connectivity index (χ1v) is 13.7. The zero-order valence-electron chi connectivity index (χ0n) is 20.8. The maximum Gasteiger partial charge on any atom is 0.136 e. The SMILES string of the molecule is CC(C)CCCC1[C@@H](C)C12CC[C@H]1[C@@H]3CC[C@H]4[C@H](C)C(=O)CC[C@]4(C)[C@H]3CC[C@@]12C. The van der Waals surface area contributed by atoms with Gasteiger partial charge in [-0.25, -0.2) is 0 Å². The highest BCUT2D eigenvalue weighted by molar-refractivity contribution is 5.82. The largest absolute Gasteiger partial charge is 0.299 e. The highest BCUT2D eigenvalue weighted by Gasteiger charge is 2.75. The van der Waals surface area contributed by atoms with E-state index in [9.17, 15) is 4.79 Å². The second-order valence-electron chi connectivity index (χ2n) is 13.6. The third-order valence-corrected chi connectivity index (χ3v) is 12.6. The normalized spacial score (nSPS) is 54.8. The summed E-state index contributed by atoms with van der Waals surface area (Å²) in [7, 11) is 0. The number of carbonyl (C=O) groups excluding carboxylic acids is 1. The first-order chi connectivity index (χ1) is 14.2. The zero-order valence-corrected chi connectivity index (χ0v) is 20.8. The van der Waals surface area contributed by atoms with Gasteiger partial charge in [-0.2, -0.15) is 0 Å². The molecule has 1 nitrogen and oxygen atoms in total. The van der Waals surface area contributed by atoms with E-state index in [-0.39, 0.29) is 0 Å². The van der Waals surface area contributed by atoms with Crippen molar-refractivity contribution in [3.8, 4) is 0 Å². The van der Waals surface area contributed by atoms with Gasteiger partial charge in [-0.3, -0.25) is 4.79 Å². The third kappa shape index (κ3) is 2.68. The molecule has 10 atom stereocenters. The molecule has 0 aromatic carbocycles. The van der Waals surface area contributed by atoms with Gasteiger partial charge in [0.25, 0.3) is 0 Å². The molecule has 0 aliphatic heterocycles. The first-order valence-electron chi connectivity index (χ1n) is 13.7. The monoisotopic (exact) mass is 412 g/mol. The Kier molecular flexibility index (Phi) is 5.08. The predicted octanol–water partition coefficient (Wildman–Crippen LogP) is 7.92. The molecule has 30 heavy (non-hydrogen) atoms. The summed E-state index contributed by atoms with van der Waals surface area (Å²) in [6.45, 7) is 15.0. The van der Waals surface area contributed by atoms with Crippen molar-refractivity contribution < 1.29 is 4.79 Å². The van der Waals surface area contributed by atoms with Crippen LogP contribution in [0.1, 0.15) is 112 Å². The van der Waals surface area contributed by atoms with Crippen LogP contribution in [0.5, 0.6) is 0 Å². The summed E-state index contributed by atoms with van der Waals surface area (Å²) in [6, 6.07) is 0. The predicted molar refractivity (Wildman–Crippen MR) is 125 cm³/mol. The molecule has 0 aromatic rings. The van der Waals surface area contributed by atoms with Gasteiger partial charge >= 0.3 is 0 Å².